The van der Waals surface area contributed by atoms with E-state index in [0.717, 1.165) is 18.4 Å². The minimum absolute atomic E-state index is 0.0477. The molecular weight excluding hydrogens is 348 g/mol. The van der Waals surface area contributed by atoms with Gasteiger partial charge in [-0.15, -0.1) is 0 Å². The van der Waals surface area contributed by atoms with Crippen molar-refractivity contribution in [2.45, 2.75) is 33.2 Å². The van der Waals surface area contributed by atoms with Crippen LogP contribution >= 0.6 is 0 Å². The number of benzene rings is 2. The van der Waals surface area contributed by atoms with E-state index in [1.807, 2.05) is 6.07 Å². The van der Waals surface area contributed by atoms with Gasteiger partial charge in [0.05, 0.1) is 18.6 Å². The highest BCUT2D eigenvalue weighted by Gasteiger charge is 2.22. The smallest absolute Gasteiger partial charge is 0.285 e. The molecule has 0 spiro atoms. The molecule has 1 amide bonds. The first-order valence-corrected chi connectivity index (χ1v) is 8.79. The quantitative estimate of drug-likeness (QED) is 0.408. The van der Waals surface area contributed by atoms with E-state index in [9.17, 15) is 14.9 Å². The maximum absolute atomic E-state index is 12.4. The Balaban J connectivity index is 2.09. The number of amides is 1. The van der Waals surface area contributed by atoms with Crippen LogP contribution in [0.25, 0.3) is 0 Å². The van der Waals surface area contributed by atoms with Gasteiger partial charge in [0.1, 0.15) is 5.56 Å². The Morgan fingerprint density at radius 1 is 1.22 bits per heavy atom. The lowest BCUT2D eigenvalue weighted by Crippen LogP contribution is -2.24. The highest BCUT2D eigenvalue weighted by Crippen LogP contribution is 2.28. The van der Waals surface area contributed by atoms with Gasteiger partial charge in [0.25, 0.3) is 11.6 Å². The topological polar surface area (TPSA) is 90.7 Å². The fourth-order valence-corrected chi connectivity index (χ4v) is 2.63. The summed E-state index contributed by atoms with van der Waals surface area (Å²) in [5.41, 5.74) is 1.12. The number of hydrogen-bond donors (Lipinski definition) is 1. The first kappa shape index (κ1) is 20.2. The molecule has 1 N–H and O–H groups in total. The van der Waals surface area contributed by atoms with Gasteiger partial charge >= 0.3 is 0 Å². The summed E-state index contributed by atoms with van der Waals surface area (Å²) >= 11 is 0. The number of aryl methyl sites for hydroxylation is 1. The van der Waals surface area contributed by atoms with Gasteiger partial charge in [0, 0.05) is 12.1 Å². The molecule has 0 aliphatic carbocycles. The van der Waals surface area contributed by atoms with Gasteiger partial charge in [0.15, 0.2) is 11.5 Å². The van der Waals surface area contributed by atoms with E-state index in [4.69, 9.17) is 9.47 Å². The van der Waals surface area contributed by atoms with Crippen molar-refractivity contribution < 1.29 is 19.2 Å². The molecule has 2 aromatic carbocycles. The van der Waals surface area contributed by atoms with Gasteiger partial charge in [-0.3, -0.25) is 14.9 Å². The molecule has 0 saturated carbocycles. The van der Waals surface area contributed by atoms with Crippen LogP contribution in [0.1, 0.15) is 41.3 Å². The highest BCUT2D eigenvalue weighted by atomic mass is 16.6. The van der Waals surface area contributed by atoms with Gasteiger partial charge in [0.2, 0.25) is 0 Å². The molecule has 2 aromatic rings. The Morgan fingerprint density at radius 3 is 2.67 bits per heavy atom. The van der Waals surface area contributed by atoms with E-state index in [2.05, 4.69) is 12.2 Å². The molecule has 7 nitrogen and oxygen atoms in total. The number of methoxy groups -OCH3 is 1. The van der Waals surface area contributed by atoms with Gasteiger partial charge in [-0.2, -0.15) is 0 Å². The Kier molecular flexibility index (Phi) is 7.16. The summed E-state index contributed by atoms with van der Waals surface area (Å²) in [6.07, 6.45) is 1.99. The second-order valence-corrected chi connectivity index (χ2v) is 6.10. The molecule has 0 bridgehead atoms. The van der Waals surface area contributed by atoms with E-state index in [-0.39, 0.29) is 17.8 Å². The average molecular weight is 372 g/mol. The van der Waals surface area contributed by atoms with Crippen molar-refractivity contribution in [1.82, 2.24) is 5.32 Å². The molecule has 0 aromatic heterocycles. The van der Waals surface area contributed by atoms with Crippen molar-refractivity contribution in [2.75, 3.05) is 13.7 Å². The Morgan fingerprint density at radius 2 is 2.00 bits per heavy atom. The first-order chi connectivity index (χ1) is 13.0. The van der Waals surface area contributed by atoms with Crippen LogP contribution in [0.2, 0.25) is 0 Å². The standard InChI is InChI=1S/C20H24N2O5/c1-4-5-11-27-17-10-9-15(12-18(17)26-3)13-21-20(23)16-8-6-7-14(2)19(16)22(24)25/h6-10,12H,4-5,11,13H2,1-3H3,(H,21,23). The number of carbonyl (C=O) groups is 1. The zero-order valence-electron chi connectivity index (χ0n) is 15.8. The van der Waals surface area contributed by atoms with Gasteiger partial charge in [-0.05, 0) is 37.1 Å². The Hall–Kier alpha value is -3.09. The summed E-state index contributed by atoms with van der Waals surface area (Å²) in [6, 6.07) is 10.1. The first-order valence-electron chi connectivity index (χ1n) is 8.79. The van der Waals surface area contributed by atoms with Crippen molar-refractivity contribution in [1.29, 1.82) is 0 Å². The molecule has 7 heteroatoms. The number of nitro groups is 1. The van der Waals surface area contributed by atoms with Crippen LogP contribution in [-0.4, -0.2) is 24.5 Å². The summed E-state index contributed by atoms with van der Waals surface area (Å²) < 4.78 is 11.0. The number of ether oxygens (including phenoxy) is 2. The summed E-state index contributed by atoms with van der Waals surface area (Å²) in [7, 11) is 1.56. The Labute approximate surface area is 158 Å². The van der Waals surface area contributed by atoms with Crippen LogP contribution in [0.3, 0.4) is 0 Å². The van der Waals surface area contributed by atoms with Crippen molar-refractivity contribution >= 4 is 11.6 Å². The molecule has 0 atom stereocenters. The van der Waals surface area contributed by atoms with Crippen LogP contribution < -0.4 is 14.8 Å². The van der Waals surface area contributed by atoms with Crippen LogP contribution in [0.5, 0.6) is 11.5 Å². The average Bonchev–Trinajstić information content (AvgIpc) is 2.66. The lowest BCUT2D eigenvalue weighted by Gasteiger charge is -2.12. The summed E-state index contributed by atoms with van der Waals surface area (Å²) in [6.45, 7) is 4.53. The number of hydrogen-bond acceptors (Lipinski definition) is 5. The number of nitrogens with one attached hydrogen (secondary N) is 1. The third kappa shape index (κ3) is 5.20. The van der Waals surface area contributed by atoms with Crippen molar-refractivity contribution in [2.24, 2.45) is 0 Å². The molecule has 2 rings (SSSR count). The summed E-state index contributed by atoms with van der Waals surface area (Å²) in [5, 5.41) is 14.0. The fourth-order valence-electron chi connectivity index (χ4n) is 2.63. The second-order valence-electron chi connectivity index (χ2n) is 6.10. The molecule has 0 unspecified atom stereocenters. The largest absolute Gasteiger partial charge is 0.493 e. The van der Waals surface area contributed by atoms with Crippen LogP contribution in [0.15, 0.2) is 36.4 Å². The molecule has 0 radical (unpaired) electrons. The van der Waals surface area contributed by atoms with Crippen LogP contribution in [0.4, 0.5) is 5.69 Å². The number of nitro benzene ring substituents is 1. The minimum atomic E-state index is -0.532. The third-order valence-electron chi connectivity index (χ3n) is 4.10. The van der Waals surface area contributed by atoms with E-state index in [1.54, 1.807) is 38.3 Å². The van der Waals surface area contributed by atoms with Gasteiger partial charge in [-0.1, -0.05) is 31.5 Å². The van der Waals surface area contributed by atoms with Crippen molar-refractivity contribution in [3.05, 3.63) is 63.2 Å². The molecule has 0 heterocycles. The summed E-state index contributed by atoms with van der Waals surface area (Å²) in [5.74, 6) is 0.738. The third-order valence-corrected chi connectivity index (χ3v) is 4.10. The molecule has 0 saturated heterocycles. The van der Waals surface area contributed by atoms with E-state index >= 15 is 0 Å². The molecule has 0 aliphatic heterocycles. The zero-order chi connectivity index (χ0) is 19.8. The van der Waals surface area contributed by atoms with Crippen LogP contribution in [-0.2, 0) is 6.54 Å². The van der Waals surface area contributed by atoms with Crippen molar-refractivity contribution in [3.63, 3.8) is 0 Å². The van der Waals surface area contributed by atoms with E-state index in [1.165, 1.54) is 6.07 Å². The number of para-hydroxylation sites is 1. The number of carbonyl (C=O) groups excluding carboxylic acids is 1. The Bertz CT molecular complexity index is 820. The molecule has 0 fully saturated rings. The molecule has 27 heavy (non-hydrogen) atoms. The zero-order valence-corrected chi connectivity index (χ0v) is 15.8. The SMILES string of the molecule is CCCCOc1ccc(CNC(=O)c2cccc(C)c2[N+](=O)[O-])cc1OC. The summed E-state index contributed by atoms with van der Waals surface area (Å²) in [4.78, 5) is 23.1. The maximum Gasteiger partial charge on any atom is 0.285 e. The molecule has 0 aliphatic rings. The molecular formula is C20H24N2O5. The number of nitrogens with zero attached hydrogens (tertiary/aromatic N) is 1. The minimum Gasteiger partial charge on any atom is -0.493 e. The normalized spacial score (nSPS) is 10.3. The number of unbranched alkanes of at least 4 members (excludes halogenated alkanes) is 1. The predicted octanol–water partition coefficient (Wildman–Crippen LogP) is 4.02. The lowest BCUT2D eigenvalue weighted by atomic mass is 10.1. The monoisotopic (exact) mass is 372 g/mol. The van der Waals surface area contributed by atoms with E-state index in [0.29, 0.717) is 23.7 Å². The molecule has 144 valence electrons. The highest BCUT2D eigenvalue weighted by molar-refractivity contribution is 5.98. The predicted molar refractivity (Wildman–Crippen MR) is 102 cm³/mol. The van der Waals surface area contributed by atoms with Gasteiger partial charge in [-0.25, -0.2) is 0 Å². The van der Waals surface area contributed by atoms with Crippen molar-refractivity contribution in [3.8, 4) is 11.5 Å². The maximum atomic E-state index is 12.4. The number of rotatable bonds is 9. The van der Waals surface area contributed by atoms with Crippen LogP contribution in [0, 0.1) is 17.0 Å². The van der Waals surface area contributed by atoms with Gasteiger partial charge < -0.3 is 14.8 Å². The van der Waals surface area contributed by atoms with E-state index < -0.39 is 10.8 Å². The fraction of sp³-hybridized carbons (Fsp3) is 0.350. The lowest BCUT2D eigenvalue weighted by molar-refractivity contribution is -0.385. The second kappa shape index (κ2) is 9.56.